The molecule has 3 rings (SSSR count). The molecule has 0 radical (unpaired) electrons. The van der Waals surface area contributed by atoms with Crippen LogP contribution in [0.5, 0.6) is 0 Å². The van der Waals surface area contributed by atoms with Gasteiger partial charge in [0, 0.05) is 29.9 Å². The fraction of sp³-hybridized carbons (Fsp3) is 0.300. The van der Waals surface area contributed by atoms with Crippen molar-refractivity contribution in [3.63, 3.8) is 0 Å². The first-order chi connectivity index (χ1) is 11.5. The largest absolute Gasteiger partial charge is 0.322 e. The fourth-order valence-corrected chi connectivity index (χ4v) is 3.02. The van der Waals surface area contributed by atoms with Crippen molar-refractivity contribution in [3.05, 3.63) is 58.7 Å². The molecule has 124 valence electrons. The second kappa shape index (κ2) is 6.48. The molecule has 0 spiro atoms. The van der Waals surface area contributed by atoms with Gasteiger partial charge in [-0.2, -0.15) is 0 Å². The van der Waals surface area contributed by atoms with Crippen molar-refractivity contribution < 1.29 is 9.59 Å². The molecule has 0 aliphatic carbocycles. The van der Waals surface area contributed by atoms with Crippen LogP contribution in [-0.2, 0) is 11.2 Å². The SMILES string of the molecule is CCC(=O)N1CCc2cc(C(=O)Nc3ccc(C)c(C)c3)ccc21. The molecule has 1 heterocycles. The number of nitrogens with zero attached hydrogens (tertiary/aromatic N) is 1. The molecular weight excluding hydrogens is 300 g/mol. The van der Waals surface area contributed by atoms with Crippen LogP contribution in [0.4, 0.5) is 11.4 Å². The van der Waals surface area contributed by atoms with Crippen molar-refractivity contribution >= 4 is 23.2 Å². The Morgan fingerprint density at radius 2 is 1.88 bits per heavy atom. The fourth-order valence-electron chi connectivity index (χ4n) is 3.02. The Balaban J connectivity index is 1.79. The van der Waals surface area contributed by atoms with Crippen molar-refractivity contribution in [1.29, 1.82) is 0 Å². The van der Waals surface area contributed by atoms with Gasteiger partial charge in [-0.3, -0.25) is 9.59 Å². The Labute approximate surface area is 142 Å². The average molecular weight is 322 g/mol. The highest BCUT2D eigenvalue weighted by molar-refractivity contribution is 6.05. The highest BCUT2D eigenvalue weighted by Gasteiger charge is 2.24. The van der Waals surface area contributed by atoms with Gasteiger partial charge in [0.05, 0.1) is 0 Å². The Bertz CT molecular complexity index is 811. The molecule has 2 aromatic rings. The third-order valence-corrected chi connectivity index (χ3v) is 4.61. The van der Waals surface area contributed by atoms with Gasteiger partial charge in [-0.05, 0) is 67.3 Å². The van der Waals surface area contributed by atoms with Crippen molar-refractivity contribution in [2.75, 3.05) is 16.8 Å². The number of amides is 2. The lowest BCUT2D eigenvalue weighted by atomic mass is 10.1. The van der Waals surface area contributed by atoms with Crippen LogP contribution in [0.3, 0.4) is 0 Å². The normalized spacial score (nSPS) is 12.9. The summed E-state index contributed by atoms with van der Waals surface area (Å²) in [5.41, 5.74) is 5.76. The van der Waals surface area contributed by atoms with Gasteiger partial charge in [-0.15, -0.1) is 0 Å². The quantitative estimate of drug-likeness (QED) is 0.933. The van der Waals surface area contributed by atoms with Crippen LogP contribution in [-0.4, -0.2) is 18.4 Å². The van der Waals surface area contributed by atoms with Crippen molar-refractivity contribution in [1.82, 2.24) is 0 Å². The first-order valence-electron chi connectivity index (χ1n) is 8.31. The summed E-state index contributed by atoms with van der Waals surface area (Å²) in [5.74, 6) is 0.00223. The number of benzene rings is 2. The summed E-state index contributed by atoms with van der Waals surface area (Å²) in [7, 11) is 0. The molecule has 0 aromatic heterocycles. The Kier molecular flexibility index (Phi) is 4.38. The highest BCUT2D eigenvalue weighted by atomic mass is 16.2. The molecule has 1 aliphatic heterocycles. The standard InChI is InChI=1S/C20H22N2O2/c1-4-19(23)22-10-9-15-12-16(6-8-18(15)22)20(24)21-17-7-5-13(2)14(3)11-17/h5-8,11-12H,4,9-10H2,1-3H3,(H,21,24). The maximum atomic E-state index is 12.5. The topological polar surface area (TPSA) is 49.4 Å². The van der Waals surface area contributed by atoms with Crippen molar-refractivity contribution in [2.24, 2.45) is 0 Å². The van der Waals surface area contributed by atoms with E-state index in [9.17, 15) is 9.59 Å². The summed E-state index contributed by atoms with van der Waals surface area (Å²) in [6.07, 6.45) is 1.29. The van der Waals surface area contributed by atoms with E-state index in [1.165, 1.54) is 5.56 Å². The predicted molar refractivity (Wildman–Crippen MR) is 96.7 cm³/mol. The van der Waals surface area contributed by atoms with E-state index >= 15 is 0 Å². The van der Waals surface area contributed by atoms with E-state index in [-0.39, 0.29) is 11.8 Å². The predicted octanol–water partition coefficient (Wildman–Crippen LogP) is 3.85. The lowest BCUT2D eigenvalue weighted by Gasteiger charge is -2.16. The van der Waals surface area contributed by atoms with Gasteiger partial charge in [0.1, 0.15) is 0 Å². The third kappa shape index (κ3) is 3.04. The average Bonchev–Trinajstić information content (AvgIpc) is 3.00. The Morgan fingerprint density at radius 1 is 1.08 bits per heavy atom. The second-order valence-corrected chi connectivity index (χ2v) is 6.25. The third-order valence-electron chi connectivity index (χ3n) is 4.61. The molecule has 0 saturated heterocycles. The van der Waals surface area contributed by atoms with Crippen LogP contribution in [0, 0.1) is 13.8 Å². The maximum absolute atomic E-state index is 12.5. The summed E-state index contributed by atoms with van der Waals surface area (Å²) >= 11 is 0. The highest BCUT2D eigenvalue weighted by Crippen LogP contribution is 2.29. The lowest BCUT2D eigenvalue weighted by Crippen LogP contribution is -2.27. The van der Waals surface area contributed by atoms with Gasteiger partial charge in [0.2, 0.25) is 5.91 Å². The summed E-state index contributed by atoms with van der Waals surface area (Å²) in [6, 6.07) is 11.5. The van der Waals surface area contributed by atoms with E-state index in [1.54, 1.807) is 11.0 Å². The van der Waals surface area contributed by atoms with E-state index in [0.29, 0.717) is 18.5 Å². The Morgan fingerprint density at radius 3 is 2.58 bits per heavy atom. The van der Waals surface area contributed by atoms with Crippen LogP contribution in [0.15, 0.2) is 36.4 Å². The molecule has 0 unspecified atom stereocenters. The molecule has 2 aromatic carbocycles. The smallest absolute Gasteiger partial charge is 0.255 e. The van der Waals surface area contributed by atoms with Gasteiger partial charge in [-0.1, -0.05) is 13.0 Å². The number of fused-ring (bicyclic) bond motifs is 1. The number of nitrogens with one attached hydrogen (secondary N) is 1. The van der Waals surface area contributed by atoms with Gasteiger partial charge < -0.3 is 10.2 Å². The summed E-state index contributed by atoms with van der Waals surface area (Å²) in [4.78, 5) is 26.2. The van der Waals surface area contributed by atoms with Gasteiger partial charge in [-0.25, -0.2) is 0 Å². The number of anilines is 2. The number of carbonyl (C=O) groups excluding carboxylic acids is 2. The molecular formula is C20H22N2O2. The molecule has 1 aliphatic rings. The van der Waals surface area contributed by atoms with Gasteiger partial charge in [0.25, 0.3) is 5.91 Å². The van der Waals surface area contributed by atoms with Crippen LogP contribution in [0.2, 0.25) is 0 Å². The molecule has 0 atom stereocenters. The Hall–Kier alpha value is -2.62. The second-order valence-electron chi connectivity index (χ2n) is 6.25. The minimum atomic E-state index is -0.124. The lowest BCUT2D eigenvalue weighted by molar-refractivity contribution is -0.118. The molecule has 2 amide bonds. The molecule has 1 N–H and O–H groups in total. The van der Waals surface area contributed by atoms with E-state index in [1.807, 2.05) is 51.1 Å². The number of hydrogen-bond acceptors (Lipinski definition) is 2. The first kappa shape index (κ1) is 16.2. The minimum Gasteiger partial charge on any atom is -0.322 e. The monoisotopic (exact) mass is 322 g/mol. The number of aryl methyl sites for hydroxylation is 2. The molecule has 0 bridgehead atoms. The summed E-state index contributed by atoms with van der Waals surface area (Å²) in [5, 5.41) is 2.94. The number of carbonyl (C=O) groups is 2. The van der Waals surface area contributed by atoms with Gasteiger partial charge in [0.15, 0.2) is 0 Å². The van der Waals surface area contributed by atoms with Crippen molar-refractivity contribution in [3.8, 4) is 0 Å². The molecule has 4 nitrogen and oxygen atoms in total. The van der Waals surface area contributed by atoms with E-state index in [4.69, 9.17) is 0 Å². The van der Waals surface area contributed by atoms with Crippen molar-refractivity contribution in [2.45, 2.75) is 33.6 Å². The molecule has 4 heteroatoms. The molecule has 0 saturated carbocycles. The number of hydrogen-bond donors (Lipinski definition) is 1. The molecule has 0 fully saturated rings. The minimum absolute atomic E-state index is 0.124. The molecule has 24 heavy (non-hydrogen) atoms. The zero-order valence-electron chi connectivity index (χ0n) is 14.3. The zero-order valence-corrected chi connectivity index (χ0v) is 14.3. The first-order valence-corrected chi connectivity index (χ1v) is 8.31. The van der Waals surface area contributed by atoms with Gasteiger partial charge >= 0.3 is 0 Å². The van der Waals surface area contributed by atoms with Crippen LogP contribution in [0.25, 0.3) is 0 Å². The summed E-state index contributed by atoms with van der Waals surface area (Å²) in [6.45, 7) is 6.64. The maximum Gasteiger partial charge on any atom is 0.255 e. The van der Waals surface area contributed by atoms with Crippen LogP contribution < -0.4 is 10.2 Å². The zero-order chi connectivity index (χ0) is 17.3. The van der Waals surface area contributed by atoms with Crippen LogP contribution >= 0.6 is 0 Å². The van der Waals surface area contributed by atoms with E-state index in [2.05, 4.69) is 5.32 Å². The summed E-state index contributed by atoms with van der Waals surface area (Å²) < 4.78 is 0. The van der Waals surface area contributed by atoms with E-state index in [0.717, 1.165) is 28.9 Å². The van der Waals surface area contributed by atoms with E-state index < -0.39 is 0 Å². The van der Waals surface area contributed by atoms with Crippen LogP contribution in [0.1, 0.15) is 40.4 Å². The number of rotatable bonds is 3.